The lowest BCUT2D eigenvalue weighted by molar-refractivity contribution is 0.697. The topological polar surface area (TPSA) is 0 Å². The normalized spacial score (nSPS) is 17.1. The Morgan fingerprint density at radius 2 is 2.06 bits per heavy atom. The quantitative estimate of drug-likeness (QED) is 0.671. The Kier molecular flexibility index (Phi) is 3.05. The van der Waals surface area contributed by atoms with E-state index in [1.165, 1.54) is 35.4 Å². The summed E-state index contributed by atoms with van der Waals surface area (Å²) >= 11 is 10.2. The Morgan fingerprint density at radius 1 is 1.19 bits per heavy atom. The summed E-state index contributed by atoms with van der Waals surface area (Å²) in [7, 11) is 0. The van der Waals surface area contributed by atoms with Gasteiger partial charge in [-0.05, 0) is 48.8 Å². The van der Waals surface area contributed by atoms with Gasteiger partial charge in [-0.2, -0.15) is 0 Å². The van der Waals surface area contributed by atoms with Crippen LogP contribution in [0.5, 0.6) is 0 Å². The van der Waals surface area contributed by atoms with Gasteiger partial charge in [-0.15, -0.1) is 34.3 Å². The second-order valence-electron chi connectivity index (χ2n) is 4.18. The minimum atomic E-state index is 0.0654. The van der Waals surface area contributed by atoms with E-state index in [-0.39, 0.29) is 5.38 Å². The number of thiophene rings is 2. The molecule has 0 radical (unpaired) electrons. The third kappa shape index (κ3) is 1.94. The zero-order valence-electron chi connectivity index (χ0n) is 8.91. The summed E-state index contributed by atoms with van der Waals surface area (Å²) in [5.74, 6) is 0. The summed E-state index contributed by atoms with van der Waals surface area (Å²) in [5, 5.41) is 2.16. The molecule has 84 valence electrons. The number of halogens is 1. The smallest absolute Gasteiger partial charge is 0.102 e. The first-order valence-corrected chi connectivity index (χ1v) is 7.77. The van der Waals surface area contributed by atoms with Crippen LogP contribution in [0.3, 0.4) is 0 Å². The maximum absolute atomic E-state index is 6.51. The number of hydrogen-bond acceptors (Lipinski definition) is 2. The average Bonchev–Trinajstić information content (AvgIpc) is 2.97. The van der Waals surface area contributed by atoms with E-state index < -0.39 is 0 Å². The molecule has 3 heteroatoms. The highest BCUT2D eigenvalue weighted by Crippen LogP contribution is 2.39. The number of hydrogen-bond donors (Lipinski definition) is 0. The van der Waals surface area contributed by atoms with Gasteiger partial charge in [0.1, 0.15) is 5.38 Å². The van der Waals surface area contributed by atoms with Gasteiger partial charge in [-0.25, -0.2) is 0 Å². The summed E-state index contributed by atoms with van der Waals surface area (Å²) in [5.41, 5.74) is 1.55. The van der Waals surface area contributed by atoms with E-state index in [2.05, 4.69) is 23.6 Å². The lowest BCUT2D eigenvalue weighted by atomic mass is 9.99. The van der Waals surface area contributed by atoms with Crippen LogP contribution in [0.15, 0.2) is 23.6 Å². The SMILES string of the molecule is ClC(c1cccs1)c1cc2c(s1)CCCC2. The van der Waals surface area contributed by atoms with E-state index in [1.54, 1.807) is 21.8 Å². The van der Waals surface area contributed by atoms with Crippen LogP contribution in [-0.4, -0.2) is 0 Å². The summed E-state index contributed by atoms with van der Waals surface area (Å²) in [6, 6.07) is 6.53. The zero-order valence-corrected chi connectivity index (χ0v) is 11.3. The van der Waals surface area contributed by atoms with E-state index in [4.69, 9.17) is 11.6 Å². The van der Waals surface area contributed by atoms with Gasteiger partial charge in [0.05, 0.1) is 0 Å². The maximum atomic E-state index is 6.51. The molecule has 0 saturated heterocycles. The molecule has 0 saturated carbocycles. The zero-order chi connectivity index (χ0) is 11.0. The minimum Gasteiger partial charge on any atom is -0.147 e. The molecule has 0 bridgehead atoms. The Bertz CT molecular complexity index is 447. The largest absolute Gasteiger partial charge is 0.147 e. The van der Waals surface area contributed by atoms with E-state index in [1.807, 2.05) is 11.3 Å². The molecule has 1 aliphatic carbocycles. The molecule has 2 aromatic rings. The van der Waals surface area contributed by atoms with Crippen LogP contribution in [-0.2, 0) is 12.8 Å². The monoisotopic (exact) mass is 268 g/mol. The van der Waals surface area contributed by atoms with Crippen molar-refractivity contribution < 1.29 is 0 Å². The molecule has 0 N–H and O–H groups in total. The first-order chi connectivity index (χ1) is 7.84. The predicted octanol–water partition coefficient (Wildman–Crippen LogP) is 5.02. The van der Waals surface area contributed by atoms with Gasteiger partial charge in [0, 0.05) is 14.6 Å². The molecule has 0 amide bonds. The molecule has 3 rings (SSSR count). The number of alkyl halides is 1. The van der Waals surface area contributed by atoms with Gasteiger partial charge in [0.15, 0.2) is 0 Å². The summed E-state index contributed by atoms with van der Waals surface area (Å²) in [4.78, 5) is 4.17. The molecular weight excluding hydrogens is 256 g/mol. The first-order valence-electron chi connectivity index (χ1n) is 5.63. The first kappa shape index (κ1) is 10.8. The summed E-state index contributed by atoms with van der Waals surface area (Å²) < 4.78 is 0. The molecule has 1 atom stereocenters. The van der Waals surface area contributed by atoms with Gasteiger partial charge in [-0.1, -0.05) is 6.07 Å². The molecule has 0 aliphatic heterocycles. The second-order valence-corrected chi connectivity index (χ2v) is 6.77. The van der Waals surface area contributed by atoms with Crippen molar-refractivity contribution in [3.05, 3.63) is 43.8 Å². The number of fused-ring (bicyclic) bond motifs is 1. The summed E-state index contributed by atoms with van der Waals surface area (Å²) in [6.07, 6.45) is 5.20. The molecule has 2 heterocycles. The van der Waals surface area contributed by atoms with Crippen LogP contribution in [0.2, 0.25) is 0 Å². The fourth-order valence-electron chi connectivity index (χ4n) is 2.21. The van der Waals surface area contributed by atoms with Crippen molar-refractivity contribution in [2.45, 2.75) is 31.1 Å². The van der Waals surface area contributed by atoms with Crippen molar-refractivity contribution >= 4 is 34.3 Å². The van der Waals surface area contributed by atoms with E-state index in [0.29, 0.717) is 0 Å². The van der Waals surface area contributed by atoms with Crippen molar-refractivity contribution in [2.24, 2.45) is 0 Å². The fraction of sp³-hybridized carbons (Fsp3) is 0.385. The van der Waals surface area contributed by atoms with Crippen molar-refractivity contribution in [1.29, 1.82) is 0 Å². The van der Waals surface area contributed by atoms with Crippen LogP contribution in [0.1, 0.15) is 38.4 Å². The van der Waals surface area contributed by atoms with Crippen LogP contribution in [0, 0.1) is 0 Å². The van der Waals surface area contributed by atoms with Crippen LogP contribution in [0.4, 0.5) is 0 Å². The maximum Gasteiger partial charge on any atom is 0.102 e. The van der Waals surface area contributed by atoms with E-state index >= 15 is 0 Å². The molecule has 0 nitrogen and oxygen atoms in total. The fourth-order valence-corrected chi connectivity index (χ4v) is 4.68. The van der Waals surface area contributed by atoms with Crippen LogP contribution in [0.25, 0.3) is 0 Å². The highest BCUT2D eigenvalue weighted by molar-refractivity contribution is 7.13. The second kappa shape index (κ2) is 4.52. The van der Waals surface area contributed by atoms with Crippen molar-refractivity contribution in [3.8, 4) is 0 Å². The molecule has 0 spiro atoms. The van der Waals surface area contributed by atoms with Gasteiger partial charge < -0.3 is 0 Å². The Labute approximate surface area is 109 Å². The number of rotatable bonds is 2. The Hall–Kier alpha value is -0.310. The Balaban J connectivity index is 1.92. The lowest BCUT2D eigenvalue weighted by Crippen LogP contribution is -1.96. The van der Waals surface area contributed by atoms with Gasteiger partial charge >= 0.3 is 0 Å². The molecular formula is C13H13ClS2. The van der Waals surface area contributed by atoms with E-state index in [0.717, 1.165) is 0 Å². The van der Waals surface area contributed by atoms with Gasteiger partial charge in [0.2, 0.25) is 0 Å². The standard InChI is InChI=1S/C13H13ClS2/c14-13(11-6-3-7-15-11)12-8-9-4-1-2-5-10(9)16-12/h3,6-8,13H,1-2,4-5H2. The van der Waals surface area contributed by atoms with Crippen LogP contribution >= 0.6 is 34.3 Å². The Morgan fingerprint density at radius 3 is 2.81 bits per heavy atom. The molecule has 0 fully saturated rings. The minimum absolute atomic E-state index is 0.0654. The molecule has 1 unspecified atom stereocenters. The van der Waals surface area contributed by atoms with Crippen molar-refractivity contribution in [3.63, 3.8) is 0 Å². The lowest BCUT2D eigenvalue weighted by Gasteiger charge is -2.08. The van der Waals surface area contributed by atoms with Gasteiger partial charge in [-0.3, -0.25) is 0 Å². The third-order valence-electron chi connectivity index (χ3n) is 3.06. The van der Waals surface area contributed by atoms with Gasteiger partial charge in [0.25, 0.3) is 0 Å². The predicted molar refractivity (Wildman–Crippen MR) is 73.0 cm³/mol. The third-order valence-corrected chi connectivity index (χ3v) is 6.03. The highest BCUT2D eigenvalue weighted by atomic mass is 35.5. The summed E-state index contributed by atoms with van der Waals surface area (Å²) in [6.45, 7) is 0. The van der Waals surface area contributed by atoms with Crippen molar-refractivity contribution in [1.82, 2.24) is 0 Å². The van der Waals surface area contributed by atoms with Crippen molar-refractivity contribution in [2.75, 3.05) is 0 Å². The molecule has 2 aromatic heterocycles. The van der Waals surface area contributed by atoms with E-state index in [9.17, 15) is 0 Å². The molecule has 16 heavy (non-hydrogen) atoms. The number of aryl methyl sites for hydroxylation is 2. The van der Waals surface area contributed by atoms with Crippen LogP contribution < -0.4 is 0 Å². The highest BCUT2D eigenvalue weighted by Gasteiger charge is 2.19. The molecule has 1 aliphatic rings. The molecule has 0 aromatic carbocycles. The average molecular weight is 269 g/mol.